The molecule has 1 unspecified atom stereocenters. The van der Waals surface area contributed by atoms with Crippen LogP contribution in [0.4, 0.5) is 0 Å². The molecule has 0 aromatic carbocycles. The van der Waals surface area contributed by atoms with Gasteiger partial charge in [-0.3, -0.25) is 9.59 Å². The Balaban J connectivity index is 3.26. The third kappa shape index (κ3) is 5.00. The van der Waals surface area contributed by atoms with Crippen LogP contribution < -0.4 is 0 Å². The number of esters is 1. The predicted molar refractivity (Wildman–Crippen MR) is 31.5 cm³/mol. The minimum atomic E-state index is -0.364. The van der Waals surface area contributed by atoms with Crippen LogP contribution in [0.25, 0.3) is 0 Å². The summed E-state index contributed by atoms with van der Waals surface area (Å²) in [5, 5.41) is 0. The molecule has 0 saturated heterocycles. The first-order chi connectivity index (χ1) is 4.16. The molecule has 51 valence electrons. The van der Waals surface area contributed by atoms with Crippen molar-refractivity contribution in [3.8, 4) is 0 Å². The van der Waals surface area contributed by atoms with Crippen LogP contribution in [0.5, 0.6) is 0 Å². The first-order valence-corrected chi connectivity index (χ1v) is 2.68. The third-order valence-corrected chi connectivity index (χ3v) is 0.738. The van der Waals surface area contributed by atoms with E-state index in [-0.39, 0.29) is 18.5 Å². The molecule has 0 aliphatic rings. The maximum absolute atomic E-state index is 10.1. The molecule has 9 heavy (non-hydrogen) atoms. The van der Waals surface area contributed by atoms with Crippen LogP contribution in [-0.2, 0) is 14.3 Å². The highest BCUT2D eigenvalue weighted by Gasteiger charge is 2.01. The fraction of sp³-hybridized carbons (Fsp3) is 0.667. The van der Waals surface area contributed by atoms with Gasteiger partial charge < -0.3 is 4.74 Å². The Morgan fingerprint density at radius 3 is 2.67 bits per heavy atom. The number of ether oxygens (including phenoxy) is 1. The summed E-state index contributed by atoms with van der Waals surface area (Å²) in [5.74, 6) is -0.675. The lowest BCUT2D eigenvalue weighted by Crippen LogP contribution is -2.09. The molecule has 0 aromatic heterocycles. The normalized spacial score (nSPS) is 12.2. The number of carbonyl (C=O) groups excluding carboxylic acids is 2. The molecule has 0 fully saturated rings. The Kier molecular flexibility index (Phi) is 3.67. The minimum absolute atomic E-state index is 0.138. The van der Waals surface area contributed by atoms with Crippen LogP contribution in [-0.4, -0.2) is 18.9 Å². The summed E-state index contributed by atoms with van der Waals surface area (Å²) in [4.78, 5) is 19.9. The fourth-order valence-corrected chi connectivity index (χ4v) is 0.276. The van der Waals surface area contributed by atoms with Crippen molar-refractivity contribution in [2.24, 2.45) is 5.92 Å². The van der Waals surface area contributed by atoms with Crippen molar-refractivity contribution in [3.05, 3.63) is 0 Å². The minimum Gasteiger partial charge on any atom is -0.465 e. The van der Waals surface area contributed by atoms with E-state index in [9.17, 15) is 9.59 Å². The summed E-state index contributed by atoms with van der Waals surface area (Å²) < 4.78 is 4.49. The second-order valence-electron chi connectivity index (χ2n) is 1.82. The standard InChI is InChI=1S/C6H9O3/c1-5(3-7)4-9-6(2)8/h5H,4H2,1-2H3. The van der Waals surface area contributed by atoms with E-state index in [2.05, 4.69) is 4.74 Å². The van der Waals surface area contributed by atoms with Crippen molar-refractivity contribution in [1.82, 2.24) is 0 Å². The molecule has 0 spiro atoms. The van der Waals surface area contributed by atoms with Gasteiger partial charge in [-0.1, -0.05) is 6.92 Å². The summed E-state index contributed by atoms with van der Waals surface area (Å²) in [6, 6.07) is 0. The van der Waals surface area contributed by atoms with Gasteiger partial charge in [-0.25, -0.2) is 0 Å². The van der Waals surface area contributed by atoms with Gasteiger partial charge in [0.15, 0.2) is 0 Å². The zero-order valence-corrected chi connectivity index (χ0v) is 5.51. The Morgan fingerprint density at radius 1 is 1.78 bits per heavy atom. The molecule has 0 aliphatic heterocycles. The lowest BCUT2D eigenvalue weighted by molar-refractivity contribution is -0.141. The average molecular weight is 129 g/mol. The number of hydrogen-bond acceptors (Lipinski definition) is 3. The summed E-state index contributed by atoms with van der Waals surface area (Å²) in [5.41, 5.74) is 0. The molecule has 0 N–H and O–H groups in total. The Labute approximate surface area is 54.0 Å². The number of carbonyl (C=O) groups is 1. The van der Waals surface area contributed by atoms with E-state index in [1.807, 2.05) is 0 Å². The van der Waals surface area contributed by atoms with Crippen LogP contribution in [0.1, 0.15) is 13.8 Å². The van der Waals surface area contributed by atoms with Gasteiger partial charge in [0.2, 0.25) is 6.29 Å². The van der Waals surface area contributed by atoms with Crippen molar-refractivity contribution < 1.29 is 14.3 Å². The van der Waals surface area contributed by atoms with Gasteiger partial charge in [0, 0.05) is 6.92 Å². The van der Waals surface area contributed by atoms with E-state index in [0.717, 1.165) is 0 Å². The molecule has 3 nitrogen and oxygen atoms in total. The monoisotopic (exact) mass is 129 g/mol. The highest BCUT2D eigenvalue weighted by Crippen LogP contribution is 1.89. The highest BCUT2D eigenvalue weighted by molar-refractivity contribution is 5.66. The van der Waals surface area contributed by atoms with Crippen molar-refractivity contribution in [1.29, 1.82) is 0 Å². The topological polar surface area (TPSA) is 43.4 Å². The van der Waals surface area contributed by atoms with E-state index < -0.39 is 0 Å². The molecule has 1 atom stereocenters. The Morgan fingerprint density at radius 2 is 2.33 bits per heavy atom. The average Bonchev–Trinajstić information content (AvgIpc) is 1.83. The first-order valence-electron chi connectivity index (χ1n) is 2.68. The predicted octanol–water partition coefficient (Wildman–Crippen LogP) is 0.295. The Bertz CT molecular complexity index is 109. The van der Waals surface area contributed by atoms with Crippen LogP contribution in [0, 0.1) is 5.92 Å². The molecule has 0 amide bonds. The summed E-state index contributed by atoms with van der Waals surface area (Å²) >= 11 is 0. The van der Waals surface area contributed by atoms with Gasteiger partial charge in [0.1, 0.15) is 6.61 Å². The maximum atomic E-state index is 10.1. The molecule has 0 heterocycles. The fourth-order valence-electron chi connectivity index (χ4n) is 0.276. The third-order valence-electron chi connectivity index (χ3n) is 0.738. The zero-order chi connectivity index (χ0) is 7.28. The van der Waals surface area contributed by atoms with Gasteiger partial charge in [0.05, 0.1) is 5.92 Å². The van der Waals surface area contributed by atoms with Gasteiger partial charge in [-0.2, -0.15) is 0 Å². The largest absolute Gasteiger partial charge is 0.465 e. The van der Waals surface area contributed by atoms with Gasteiger partial charge in [0.25, 0.3) is 0 Å². The number of rotatable bonds is 3. The molecule has 0 rings (SSSR count). The smallest absolute Gasteiger partial charge is 0.302 e. The van der Waals surface area contributed by atoms with Crippen LogP contribution in [0.3, 0.4) is 0 Å². The van der Waals surface area contributed by atoms with Crippen LogP contribution >= 0.6 is 0 Å². The van der Waals surface area contributed by atoms with Gasteiger partial charge >= 0.3 is 5.97 Å². The molecule has 1 radical (unpaired) electrons. The van der Waals surface area contributed by atoms with E-state index >= 15 is 0 Å². The molecular formula is C6H9O3. The van der Waals surface area contributed by atoms with Crippen molar-refractivity contribution in [2.45, 2.75) is 13.8 Å². The highest BCUT2D eigenvalue weighted by atomic mass is 16.5. The molecule has 0 aliphatic carbocycles. The summed E-state index contributed by atoms with van der Waals surface area (Å²) in [6.45, 7) is 3.08. The second-order valence-corrected chi connectivity index (χ2v) is 1.82. The second kappa shape index (κ2) is 4.06. The quantitative estimate of drug-likeness (QED) is 0.514. The van der Waals surface area contributed by atoms with Crippen LogP contribution in [0.2, 0.25) is 0 Å². The maximum Gasteiger partial charge on any atom is 0.302 e. The molecule has 3 heteroatoms. The van der Waals surface area contributed by atoms with Crippen LogP contribution in [0.15, 0.2) is 0 Å². The van der Waals surface area contributed by atoms with Crippen molar-refractivity contribution in [3.63, 3.8) is 0 Å². The zero-order valence-electron chi connectivity index (χ0n) is 5.51. The number of hydrogen-bond donors (Lipinski definition) is 0. The van der Waals surface area contributed by atoms with E-state index in [1.165, 1.54) is 6.92 Å². The van der Waals surface area contributed by atoms with Crippen molar-refractivity contribution >= 4 is 12.3 Å². The summed E-state index contributed by atoms with van der Waals surface area (Å²) in [6.07, 6.45) is 1.69. The van der Waals surface area contributed by atoms with E-state index in [0.29, 0.717) is 0 Å². The van der Waals surface area contributed by atoms with Crippen molar-refractivity contribution in [2.75, 3.05) is 6.61 Å². The van der Waals surface area contributed by atoms with E-state index in [4.69, 9.17) is 0 Å². The van der Waals surface area contributed by atoms with E-state index in [1.54, 1.807) is 13.2 Å². The lowest BCUT2D eigenvalue weighted by Gasteiger charge is -2.00. The first kappa shape index (κ1) is 8.14. The molecule has 0 saturated carbocycles. The molecular weight excluding hydrogens is 120 g/mol. The Hall–Kier alpha value is -0.860. The lowest BCUT2D eigenvalue weighted by atomic mass is 10.2. The van der Waals surface area contributed by atoms with Gasteiger partial charge in [-0.15, -0.1) is 0 Å². The molecule has 0 bridgehead atoms. The molecule has 0 aromatic rings. The summed E-state index contributed by atoms with van der Waals surface area (Å²) in [7, 11) is 0. The van der Waals surface area contributed by atoms with Gasteiger partial charge in [-0.05, 0) is 0 Å². The SMILES string of the molecule is CC(=O)OCC(C)[C]=O.